The fraction of sp³-hybridized carbons (Fsp3) is 0.0500. The summed E-state index contributed by atoms with van der Waals surface area (Å²) in [6.07, 6.45) is 1.53. The Bertz CT molecular complexity index is 1140. The Morgan fingerprint density at radius 1 is 1.04 bits per heavy atom. The van der Waals surface area contributed by atoms with E-state index in [0.717, 1.165) is 33.7 Å². The molecule has 0 spiro atoms. The zero-order valence-corrected chi connectivity index (χ0v) is 16.5. The van der Waals surface area contributed by atoms with Crippen molar-refractivity contribution in [1.29, 1.82) is 0 Å². The zero-order chi connectivity index (χ0) is 19.5. The lowest BCUT2D eigenvalue weighted by atomic mass is 10.1. The second kappa shape index (κ2) is 7.84. The van der Waals surface area contributed by atoms with Gasteiger partial charge in [-0.2, -0.15) is 0 Å². The van der Waals surface area contributed by atoms with Crippen LogP contribution < -0.4 is 16.0 Å². The van der Waals surface area contributed by atoms with Gasteiger partial charge in [-0.1, -0.05) is 29.8 Å². The van der Waals surface area contributed by atoms with Crippen LogP contribution in [0, 0.1) is 0 Å². The number of benzene rings is 2. The van der Waals surface area contributed by atoms with Gasteiger partial charge in [0, 0.05) is 29.1 Å². The normalized spacial score (nSPS) is 10.6. The number of aromatic nitrogens is 3. The van der Waals surface area contributed by atoms with Crippen molar-refractivity contribution in [2.75, 3.05) is 17.7 Å². The summed E-state index contributed by atoms with van der Waals surface area (Å²) in [7, 11) is 1.78. The monoisotopic (exact) mass is 408 g/mol. The van der Waals surface area contributed by atoms with Gasteiger partial charge in [-0.05, 0) is 54.2 Å². The molecule has 2 heterocycles. The van der Waals surface area contributed by atoms with Gasteiger partial charge in [-0.25, -0.2) is 9.97 Å². The van der Waals surface area contributed by atoms with Crippen LogP contribution >= 0.6 is 23.8 Å². The highest BCUT2D eigenvalue weighted by molar-refractivity contribution is 7.80. The number of halogens is 1. The first-order valence-corrected chi connectivity index (χ1v) is 9.36. The smallest absolute Gasteiger partial charge is 0.170 e. The van der Waals surface area contributed by atoms with E-state index in [0.29, 0.717) is 16.0 Å². The molecule has 0 aliphatic rings. The molecular weight excluding hydrogens is 392 g/mol. The fourth-order valence-electron chi connectivity index (χ4n) is 2.82. The minimum absolute atomic E-state index is 0.574. The number of fused-ring (bicyclic) bond motifs is 1. The van der Waals surface area contributed by atoms with Crippen molar-refractivity contribution in [1.82, 2.24) is 20.3 Å². The van der Waals surface area contributed by atoms with Gasteiger partial charge in [0.25, 0.3) is 0 Å². The summed E-state index contributed by atoms with van der Waals surface area (Å²) in [6, 6.07) is 17.5. The molecule has 28 heavy (non-hydrogen) atoms. The highest BCUT2D eigenvalue weighted by atomic mass is 35.5. The van der Waals surface area contributed by atoms with Gasteiger partial charge in [-0.15, -0.1) is 0 Å². The lowest BCUT2D eigenvalue weighted by Crippen LogP contribution is -2.23. The van der Waals surface area contributed by atoms with Crippen molar-refractivity contribution in [2.24, 2.45) is 0 Å². The van der Waals surface area contributed by atoms with E-state index in [2.05, 4.69) is 30.9 Å². The van der Waals surface area contributed by atoms with E-state index in [-0.39, 0.29) is 0 Å². The van der Waals surface area contributed by atoms with Crippen molar-refractivity contribution in [2.45, 2.75) is 0 Å². The number of hydrogen-bond acceptors (Lipinski definition) is 4. The number of anilines is 3. The highest BCUT2D eigenvalue weighted by Crippen LogP contribution is 2.29. The van der Waals surface area contributed by atoms with Crippen LogP contribution in [0.4, 0.5) is 17.2 Å². The summed E-state index contributed by atoms with van der Waals surface area (Å²) in [5.41, 5.74) is 4.53. The van der Waals surface area contributed by atoms with Gasteiger partial charge in [0.1, 0.15) is 17.8 Å². The number of hydrogen-bond donors (Lipinski definition) is 4. The standard InChI is InChI=1S/C20H17ClN6S/c1-22-20(28)26-14-7-5-12(6-8-14)17-10-16-18(23-11-24-19(16)27-17)25-15-4-2-3-13(21)9-15/h2-11H,1H3,(H2,22,26,28)(H2,23,24,25,27). The summed E-state index contributed by atoms with van der Waals surface area (Å²) in [4.78, 5) is 12.1. The van der Waals surface area contributed by atoms with Crippen LogP contribution in [-0.2, 0) is 0 Å². The fourth-order valence-corrected chi connectivity index (χ4v) is 3.13. The van der Waals surface area contributed by atoms with Crippen molar-refractivity contribution in [3.8, 4) is 11.3 Å². The van der Waals surface area contributed by atoms with Gasteiger partial charge in [0.05, 0.1) is 5.39 Å². The molecule has 0 saturated carbocycles. The maximum absolute atomic E-state index is 6.07. The molecule has 2 aromatic carbocycles. The summed E-state index contributed by atoms with van der Waals surface area (Å²) >= 11 is 11.2. The van der Waals surface area contributed by atoms with Crippen LogP contribution in [0.2, 0.25) is 5.02 Å². The first kappa shape index (κ1) is 18.2. The lowest BCUT2D eigenvalue weighted by molar-refractivity contribution is 1.20. The number of thiocarbonyl (C=S) groups is 1. The summed E-state index contributed by atoms with van der Waals surface area (Å²) in [5.74, 6) is 0.715. The third kappa shape index (κ3) is 3.90. The molecule has 2 aromatic heterocycles. The van der Waals surface area contributed by atoms with Crippen LogP contribution in [0.5, 0.6) is 0 Å². The first-order valence-electron chi connectivity index (χ1n) is 8.58. The quantitative estimate of drug-likeness (QED) is 0.358. The topological polar surface area (TPSA) is 77.7 Å². The highest BCUT2D eigenvalue weighted by Gasteiger charge is 2.10. The SMILES string of the molecule is CNC(=S)Nc1ccc(-c2cc3c(Nc4cccc(Cl)c4)ncnc3[nH]2)cc1. The Labute approximate surface area is 172 Å². The van der Waals surface area contributed by atoms with Crippen molar-refractivity contribution in [3.63, 3.8) is 0 Å². The van der Waals surface area contributed by atoms with Gasteiger partial charge < -0.3 is 20.9 Å². The Morgan fingerprint density at radius 2 is 1.86 bits per heavy atom. The van der Waals surface area contributed by atoms with Gasteiger partial charge >= 0.3 is 0 Å². The minimum atomic E-state index is 0.574. The van der Waals surface area contributed by atoms with E-state index in [1.54, 1.807) is 7.05 Å². The number of aromatic amines is 1. The van der Waals surface area contributed by atoms with E-state index >= 15 is 0 Å². The molecule has 4 rings (SSSR count). The van der Waals surface area contributed by atoms with Gasteiger partial charge in [-0.3, -0.25) is 0 Å². The summed E-state index contributed by atoms with van der Waals surface area (Å²) in [5, 5.41) is 11.4. The molecule has 0 saturated heterocycles. The number of rotatable bonds is 4. The van der Waals surface area contributed by atoms with E-state index < -0.39 is 0 Å². The number of nitrogens with zero attached hydrogens (tertiary/aromatic N) is 2. The van der Waals surface area contributed by atoms with E-state index in [4.69, 9.17) is 23.8 Å². The second-order valence-electron chi connectivity index (χ2n) is 6.08. The predicted molar refractivity (Wildman–Crippen MR) is 119 cm³/mol. The Hall–Kier alpha value is -3.16. The molecule has 8 heteroatoms. The number of H-pyrrole nitrogens is 1. The van der Waals surface area contributed by atoms with E-state index in [1.165, 1.54) is 6.33 Å². The molecule has 0 amide bonds. The average Bonchev–Trinajstić information content (AvgIpc) is 3.14. The predicted octanol–water partition coefficient (Wildman–Crippen LogP) is 4.94. The molecule has 0 radical (unpaired) electrons. The Balaban J connectivity index is 1.64. The van der Waals surface area contributed by atoms with Crippen LogP contribution in [0.25, 0.3) is 22.3 Å². The van der Waals surface area contributed by atoms with Crippen LogP contribution in [-0.4, -0.2) is 27.1 Å². The van der Waals surface area contributed by atoms with Crippen LogP contribution in [0.3, 0.4) is 0 Å². The molecule has 0 bridgehead atoms. The molecular formula is C20H17ClN6S. The molecule has 140 valence electrons. The second-order valence-corrected chi connectivity index (χ2v) is 6.93. The van der Waals surface area contributed by atoms with Crippen LogP contribution in [0.1, 0.15) is 0 Å². The average molecular weight is 409 g/mol. The van der Waals surface area contributed by atoms with Crippen LogP contribution in [0.15, 0.2) is 60.9 Å². The maximum Gasteiger partial charge on any atom is 0.170 e. The third-order valence-electron chi connectivity index (χ3n) is 4.19. The first-order chi connectivity index (χ1) is 13.6. The molecule has 0 atom stereocenters. The van der Waals surface area contributed by atoms with Gasteiger partial charge in [0.2, 0.25) is 0 Å². The molecule has 0 aliphatic heterocycles. The summed E-state index contributed by atoms with van der Waals surface area (Å²) in [6.45, 7) is 0. The minimum Gasteiger partial charge on any atom is -0.366 e. The van der Waals surface area contributed by atoms with E-state index in [1.807, 2.05) is 54.6 Å². The molecule has 4 aromatic rings. The zero-order valence-electron chi connectivity index (χ0n) is 15.0. The van der Waals surface area contributed by atoms with Crippen molar-refractivity contribution in [3.05, 3.63) is 65.9 Å². The Morgan fingerprint density at radius 3 is 2.61 bits per heavy atom. The molecule has 0 fully saturated rings. The van der Waals surface area contributed by atoms with Crippen molar-refractivity contribution < 1.29 is 0 Å². The Kier molecular flexibility index (Phi) is 5.10. The molecule has 4 N–H and O–H groups in total. The molecule has 6 nitrogen and oxygen atoms in total. The summed E-state index contributed by atoms with van der Waals surface area (Å²) < 4.78 is 0. The van der Waals surface area contributed by atoms with E-state index in [9.17, 15) is 0 Å². The molecule has 0 aliphatic carbocycles. The maximum atomic E-state index is 6.07. The number of nitrogens with one attached hydrogen (secondary N) is 4. The van der Waals surface area contributed by atoms with Gasteiger partial charge in [0.15, 0.2) is 5.11 Å². The lowest BCUT2D eigenvalue weighted by Gasteiger charge is -2.07. The molecule has 0 unspecified atom stereocenters. The third-order valence-corrected chi connectivity index (χ3v) is 4.74. The largest absolute Gasteiger partial charge is 0.366 e. The van der Waals surface area contributed by atoms with Crippen molar-refractivity contribution >= 4 is 57.2 Å².